The Hall–Kier alpha value is -1.41. The highest BCUT2D eigenvalue weighted by atomic mass is 35.5. The highest BCUT2D eigenvalue weighted by Crippen LogP contribution is 2.06. The summed E-state index contributed by atoms with van der Waals surface area (Å²) in [6.07, 6.45) is 1.07. The molecule has 0 aliphatic rings. The Kier molecular flexibility index (Phi) is 5.07. The lowest BCUT2D eigenvalue weighted by atomic mass is 10.5. The predicted octanol–water partition coefficient (Wildman–Crippen LogP) is 1.11. The van der Waals surface area contributed by atoms with Gasteiger partial charge in [0.15, 0.2) is 0 Å². The third-order valence-electron chi connectivity index (χ3n) is 2.34. The van der Waals surface area contributed by atoms with E-state index in [1.807, 2.05) is 0 Å². The lowest BCUT2D eigenvalue weighted by molar-refractivity contribution is 0.203. The number of hydrogen-bond acceptors (Lipinski definition) is 5. The minimum absolute atomic E-state index is 0.124. The van der Waals surface area contributed by atoms with E-state index in [2.05, 4.69) is 16.7 Å². The topological polar surface area (TPSA) is 85.2 Å². The molecule has 1 rings (SSSR count). The maximum Gasteiger partial charge on any atom is 0.346 e. The summed E-state index contributed by atoms with van der Waals surface area (Å²) in [4.78, 5) is 17.0. The molecule has 19 heavy (non-hydrogen) atoms. The second kappa shape index (κ2) is 6.16. The molecule has 0 radical (unpaired) electrons. The fourth-order valence-corrected chi connectivity index (χ4v) is 2.10. The zero-order valence-corrected chi connectivity index (χ0v) is 12.3. The van der Waals surface area contributed by atoms with Gasteiger partial charge in [-0.15, -0.1) is 5.10 Å². The molecule has 0 saturated carbocycles. The Bertz CT molecular complexity index is 581. The van der Waals surface area contributed by atoms with Gasteiger partial charge in [0, 0.05) is 11.6 Å². The largest absolute Gasteiger partial charge is 0.346 e. The molecule has 1 heterocycles. The van der Waals surface area contributed by atoms with Gasteiger partial charge in [0.1, 0.15) is 6.33 Å². The van der Waals surface area contributed by atoms with E-state index in [0.717, 1.165) is 11.0 Å². The van der Waals surface area contributed by atoms with Gasteiger partial charge in [0.2, 0.25) is 9.84 Å². The van der Waals surface area contributed by atoms with Crippen LogP contribution in [0.5, 0.6) is 0 Å². The number of rotatable bonds is 5. The van der Waals surface area contributed by atoms with Crippen molar-refractivity contribution >= 4 is 27.5 Å². The van der Waals surface area contributed by atoms with Crippen LogP contribution >= 0.6 is 11.6 Å². The summed E-state index contributed by atoms with van der Waals surface area (Å²) in [6, 6.07) is -0.505. The van der Waals surface area contributed by atoms with Crippen molar-refractivity contribution < 1.29 is 13.2 Å². The number of likely N-dealkylation sites (N-methyl/N-ethyl adjacent to an activating group) is 1. The van der Waals surface area contributed by atoms with Crippen LogP contribution in [0, 0.1) is 0 Å². The van der Waals surface area contributed by atoms with Gasteiger partial charge in [-0.1, -0.05) is 25.1 Å². The number of amides is 1. The molecule has 1 aromatic rings. The first-order valence-electron chi connectivity index (χ1n) is 5.58. The van der Waals surface area contributed by atoms with E-state index < -0.39 is 15.9 Å². The smallest absolute Gasteiger partial charge is 0.318 e. The van der Waals surface area contributed by atoms with E-state index in [4.69, 9.17) is 11.6 Å². The van der Waals surface area contributed by atoms with Crippen LogP contribution in [0.2, 0.25) is 0 Å². The molecule has 1 amide bonds. The molecule has 0 spiro atoms. The molecular formula is C10H15ClN4O3S. The Labute approximate surface area is 116 Å². The number of aromatic nitrogens is 3. The van der Waals surface area contributed by atoms with Gasteiger partial charge in [-0.2, -0.15) is 4.68 Å². The Morgan fingerprint density at radius 3 is 2.63 bits per heavy atom. The molecular weight excluding hydrogens is 292 g/mol. The zero-order valence-electron chi connectivity index (χ0n) is 10.7. The summed E-state index contributed by atoms with van der Waals surface area (Å²) >= 11 is 5.65. The molecule has 0 bridgehead atoms. The van der Waals surface area contributed by atoms with Crippen molar-refractivity contribution in [1.29, 1.82) is 0 Å². The van der Waals surface area contributed by atoms with Gasteiger partial charge in [-0.05, 0) is 6.92 Å². The maximum absolute atomic E-state index is 12.0. The van der Waals surface area contributed by atoms with Gasteiger partial charge in [0.05, 0.1) is 12.3 Å². The predicted molar refractivity (Wildman–Crippen MR) is 70.8 cm³/mol. The standard InChI is InChI=1S/C10H15ClN4O3S/c1-4-14(6-8(3)11)10(16)15-7-12-9(13-15)19(17,18)5-2/h7H,3-6H2,1-2H3. The van der Waals surface area contributed by atoms with Crippen LogP contribution < -0.4 is 0 Å². The fraction of sp³-hybridized carbons (Fsp3) is 0.500. The van der Waals surface area contributed by atoms with Gasteiger partial charge in [-0.25, -0.2) is 18.2 Å². The molecule has 106 valence electrons. The number of carbonyl (C=O) groups excluding carboxylic acids is 1. The third-order valence-corrected chi connectivity index (χ3v) is 3.96. The van der Waals surface area contributed by atoms with E-state index in [1.165, 1.54) is 11.8 Å². The van der Waals surface area contributed by atoms with Crippen molar-refractivity contribution in [2.75, 3.05) is 18.8 Å². The summed E-state index contributed by atoms with van der Waals surface area (Å²) in [5.41, 5.74) is 0. The van der Waals surface area contributed by atoms with Crippen molar-refractivity contribution in [2.24, 2.45) is 0 Å². The summed E-state index contributed by atoms with van der Waals surface area (Å²) < 4.78 is 24.0. The number of halogens is 1. The average molecular weight is 307 g/mol. The van der Waals surface area contributed by atoms with E-state index in [0.29, 0.717) is 11.6 Å². The lowest BCUT2D eigenvalue weighted by Gasteiger charge is -2.18. The van der Waals surface area contributed by atoms with Crippen molar-refractivity contribution in [1.82, 2.24) is 19.7 Å². The SMILES string of the molecule is C=C(Cl)CN(CC)C(=O)n1cnc(S(=O)(=O)CC)n1. The quantitative estimate of drug-likeness (QED) is 0.813. The van der Waals surface area contributed by atoms with Crippen LogP contribution in [-0.2, 0) is 9.84 Å². The number of nitrogens with zero attached hydrogens (tertiary/aromatic N) is 4. The van der Waals surface area contributed by atoms with Gasteiger partial charge >= 0.3 is 6.03 Å². The summed E-state index contributed by atoms with van der Waals surface area (Å²) in [7, 11) is -3.52. The fourth-order valence-electron chi connectivity index (χ4n) is 1.28. The first-order chi connectivity index (χ1) is 8.81. The average Bonchev–Trinajstić information content (AvgIpc) is 2.85. The van der Waals surface area contributed by atoms with Gasteiger partial charge < -0.3 is 4.90 Å². The van der Waals surface area contributed by atoms with Gasteiger partial charge in [0.25, 0.3) is 5.16 Å². The molecule has 0 aliphatic heterocycles. The molecule has 0 aromatic carbocycles. The normalized spacial score (nSPS) is 11.3. The van der Waals surface area contributed by atoms with Crippen LogP contribution in [0.3, 0.4) is 0 Å². The highest BCUT2D eigenvalue weighted by Gasteiger charge is 2.21. The van der Waals surface area contributed by atoms with Gasteiger partial charge in [-0.3, -0.25) is 0 Å². The molecule has 0 atom stereocenters. The van der Waals surface area contributed by atoms with Crippen molar-refractivity contribution in [3.63, 3.8) is 0 Å². The second-order valence-electron chi connectivity index (χ2n) is 3.69. The lowest BCUT2D eigenvalue weighted by Crippen LogP contribution is -2.35. The molecule has 0 N–H and O–H groups in total. The number of sulfone groups is 1. The molecule has 0 aliphatic carbocycles. The first kappa shape index (κ1) is 15.6. The Morgan fingerprint density at radius 2 is 2.16 bits per heavy atom. The van der Waals surface area contributed by atoms with E-state index in [-0.39, 0.29) is 17.5 Å². The van der Waals surface area contributed by atoms with Crippen LogP contribution in [0.4, 0.5) is 4.79 Å². The van der Waals surface area contributed by atoms with E-state index >= 15 is 0 Å². The minimum Gasteiger partial charge on any atom is -0.318 e. The molecule has 9 heteroatoms. The van der Waals surface area contributed by atoms with E-state index in [9.17, 15) is 13.2 Å². The molecule has 0 saturated heterocycles. The van der Waals surface area contributed by atoms with Crippen LogP contribution in [0.15, 0.2) is 23.1 Å². The van der Waals surface area contributed by atoms with Crippen LogP contribution in [0.25, 0.3) is 0 Å². The first-order valence-corrected chi connectivity index (χ1v) is 7.61. The molecule has 1 aromatic heterocycles. The van der Waals surface area contributed by atoms with Crippen LogP contribution in [0.1, 0.15) is 13.8 Å². The van der Waals surface area contributed by atoms with Crippen molar-refractivity contribution in [2.45, 2.75) is 19.0 Å². The third kappa shape index (κ3) is 3.77. The summed E-state index contributed by atoms with van der Waals surface area (Å²) in [5, 5.41) is 3.63. The maximum atomic E-state index is 12.0. The Morgan fingerprint density at radius 1 is 1.53 bits per heavy atom. The highest BCUT2D eigenvalue weighted by molar-refractivity contribution is 7.91. The number of carbonyl (C=O) groups is 1. The number of hydrogen-bond donors (Lipinski definition) is 0. The second-order valence-corrected chi connectivity index (χ2v) is 6.40. The van der Waals surface area contributed by atoms with E-state index in [1.54, 1.807) is 6.92 Å². The molecule has 0 unspecified atom stereocenters. The summed E-state index contributed by atoms with van der Waals surface area (Å²) in [6.45, 7) is 7.30. The summed E-state index contributed by atoms with van der Waals surface area (Å²) in [5.74, 6) is -0.124. The zero-order chi connectivity index (χ0) is 14.6. The van der Waals surface area contributed by atoms with Crippen LogP contribution in [-0.4, -0.2) is 53.0 Å². The minimum atomic E-state index is -3.52. The molecule has 0 fully saturated rings. The van der Waals surface area contributed by atoms with Crippen molar-refractivity contribution in [3.05, 3.63) is 17.9 Å². The Balaban J connectivity index is 2.98. The molecule has 7 nitrogen and oxygen atoms in total. The van der Waals surface area contributed by atoms with Crippen molar-refractivity contribution in [3.8, 4) is 0 Å². The monoisotopic (exact) mass is 306 g/mol.